The van der Waals surface area contributed by atoms with Crippen LogP contribution in [0.15, 0.2) is 53.5 Å². The van der Waals surface area contributed by atoms with Crippen LogP contribution in [0.2, 0.25) is 0 Å². The second kappa shape index (κ2) is 8.84. The average molecular weight is 431 g/mol. The first kappa shape index (κ1) is 22.8. The highest BCUT2D eigenvalue weighted by Crippen LogP contribution is 2.71. The van der Waals surface area contributed by atoms with Crippen molar-refractivity contribution < 1.29 is 4.58 Å². The maximum atomic E-state index is 6.94. The predicted octanol–water partition coefficient (Wildman–Crippen LogP) is 6.87. The molecule has 2 aliphatic rings. The molecule has 3 atom stereocenters. The van der Waals surface area contributed by atoms with E-state index in [0.29, 0.717) is 5.92 Å². The van der Waals surface area contributed by atoms with Crippen LogP contribution in [-0.4, -0.2) is 21.8 Å². The highest BCUT2D eigenvalue weighted by molar-refractivity contribution is 6.02. The molecule has 32 heavy (non-hydrogen) atoms. The van der Waals surface area contributed by atoms with E-state index in [1.807, 2.05) is 0 Å². The fourth-order valence-corrected chi connectivity index (χ4v) is 6.70. The third-order valence-corrected chi connectivity index (χ3v) is 8.26. The molecule has 2 aromatic carbocycles. The number of para-hydroxylation sites is 1. The summed E-state index contributed by atoms with van der Waals surface area (Å²) >= 11 is 0. The van der Waals surface area contributed by atoms with Crippen molar-refractivity contribution in [3.63, 3.8) is 0 Å². The van der Waals surface area contributed by atoms with Crippen LogP contribution in [0.5, 0.6) is 0 Å². The molecule has 3 unspecified atom stereocenters. The van der Waals surface area contributed by atoms with Gasteiger partial charge in [0.1, 0.15) is 11.2 Å². The summed E-state index contributed by atoms with van der Waals surface area (Å²) < 4.78 is 2.51. The Kier molecular flexibility index (Phi) is 6.29. The Bertz CT molecular complexity index is 1050. The molecule has 0 amide bonds. The molecule has 2 aromatic rings. The van der Waals surface area contributed by atoms with Crippen molar-refractivity contribution in [3.8, 4) is 0 Å². The standard InChI is InChI=1S/C29H39N3/c1-6-9-14-20-29-22(5)28(29,8-3)24-18-12-11-17-23(24)27(32(29)26(30)15-7-2)31-25-19-13-10-16-21(25)4/h10-13,16-19,22,30H,6-9,14-15,20H2,1-5H3/p+1. The number of nitrogens with two attached hydrogens (primary N) is 1. The molecular formula is C29H40N3+. The SMILES string of the molecule is CCCCCC12C(C)C1(CC)c1ccccc1C(=Nc1ccccc1C)[N+]2=C(N)CCC. The molecular weight excluding hydrogens is 390 g/mol. The zero-order valence-corrected chi connectivity index (χ0v) is 20.6. The van der Waals surface area contributed by atoms with E-state index in [9.17, 15) is 0 Å². The third-order valence-electron chi connectivity index (χ3n) is 8.26. The summed E-state index contributed by atoms with van der Waals surface area (Å²) in [5.41, 5.74) is 12.1. The Morgan fingerprint density at radius 3 is 2.41 bits per heavy atom. The Morgan fingerprint density at radius 2 is 1.72 bits per heavy atom. The number of aliphatic imine (C=N–C) groups is 1. The van der Waals surface area contributed by atoms with Crippen molar-refractivity contribution in [1.29, 1.82) is 0 Å². The van der Waals surface area contributed by atoms with E-state index >= 15 is 0 Å². The van der Waals surface area contributed by atoms with E-state index in [1.54, 1.807) is 0 Å². The van der Waals surface area contributed by atoms with Crippen LogP contribution >= 0.6 is 0 Å². The van der Waals surface area contributed by atoms with Crippen LogP contribution in [-0.2, 0) is 5.41 Å². The van der Waals surface area contributed by atoms with Gasteiger partial charge in [-0.3, -0.25) is 0 Å². The van der Waals surface area contributed by atoms with Crippen LogP contribution in [0.25, 0.3) is 0 Å². The van der Waals surface area contributed by atoms with Gasteiger partial charge in [-0.1, -0.05) is 76.9 Å². The Labute approximate surface area is 194 Å². The van der Waals surface area contributed by atoms with E-state index in [0.717, 1.165) is 36.6 Å². The minimum absolute atomic E-state index is 0.0199. The topological polar surface area (TPSA) is 41.4 Å². The predicted molar refractivity (Wildman–Crippen MR) is 136 cm³/mol. The van der Waals surface area contributed by atoms with E-state index in [1.165, 1.54) is 42.4 Å². The molecule has 1 aliphatic heterocycles. The van der Waals surface area contributed by atoms with Gasteiger partial charge < -0.3 is 5.73 Å². The molecule has 0 saturated heterocycles. The molecule has 0 bridgehead atoms. The summed E-state index contributed by atoms with van der Waals surface area (Å²) in [6.45, 7) is 11.5. The van der Waals surface area contributed by atoms with Crippen LogP contribution < -0.4 is 5.73 Å². The number of nitrogens with zero attached hydrogens (tertiary/aromatic N) is 2. The summed E-state index contributed by atoms with van der Waals surface area (Å²) in [6, 6.07) is 17.4. The summed E-state index contributed by atoms with van der Waals surface area (Å²) in [7, 11) is 0. The summed E-state index contributed by atoms with van der Waals surface area (Å²) in [5, 5.41) is 0. The Hall–Kier alpha value is -2.42. The first-order chi connectivity index (χ1) is 15.5. The maximum Gasteiger partial charge on any atom is 0.271 e. The van der Waals surface area contributed by atoms with Gasteiger partial charge in [0.25, 0.3) is 5.84 Å². The first-order valence-corrected chi connectivity index (χ1v) is 12.6. The normalized spacial score (nSPS) is 28.9. The molecule has 0 spiro atoms. The largest absolute Gasteiger partial charge is 0.322 e. The Morgan fingerprint density at radius 1 is 1.00 bits per heavy atom. The number of unbranched alkanes of at least 4 members (excludes halogenated alkanes) is 2. The lowest BCUT2D eigenvalue weighted by Crippen LogP contribution is -2.50. The van der Waals surface area contributed by atoms with Crippen molar-refractivity contribution in [2.24, 2.45) is 16.6 Å². The van der Waals surface area contributed by atoms with Crippen LogP contribution in [0.4, 0.5) is 5.69 Å². The molecule has 3 nitrogen and oxygen atoms in total. The lowest BCUT2D eigenvalue weighted by molar-refractivity contribution is -0.488. The van der Waals surface area contributed by atoms with E-state index in [2.05, 4.69) is 87.7 Å². The average Bonchev–Trinajstić information content (AvgIpc) is 3.34. The highest BCUT2D eigenvalue weighted by Gasteiger charge is 2.80. The fourth-order valence-electron chi connectivity index (χ4n) is 6.70. The van der Waals surface area contributed by atoms with E-state index in [4.69, 9.17) is 10.7 Å². The molecule has 1 aliphatic carbocycles. The number of hydrogen-bond donors (Lipinski definition) is 1. The van der Waals surface area contributed by atoms with Crippen LogP contribution in [0.3, 0.4) is 0 Å². The second-order valence-electron chi connectivity index (χ2n) is 9.77. The maximum absolute atomic E-state index is 6.94. The van der Waals surface area contributed by atoms with Crippen molar-refractivity contribution in [3.05, 3.63) is 65.2 Å². The minimum atomic E-state index is 0.0199. The van der Waals surface area contributed by atoms with Gasteiger partial charge in [0.2, 0.25) is 0 Å². The lowest BCUT2D eigenvalue weighted by Gasteiger charge is -2.35. The van der Waals surface area contributed by atoms with Crippen molar-refractivity contribution in [1.82, 2.24) is 0 Å². The molecule has 1 saturated carbocycles. The fraction of sp³-hybridized carbons (Fsp3) is 0.517. The molecule has 170 valence electrons. The summed E-state index contributed by atoms with van der Waals surface area (Å²) in [6.07, 6.45) is 7.97. The second-order valence-corrected chi connectivity index (χ2v) is 9.77. The molecule has 0 radical (unpaired) electrons. The van der Waals surface area contributed by atoms with Gasteiger partial charge in [-0.25, -0.2) is 4.58 Å². The zero-order chi connectivity index (χ0) is 22.9. The minimum Gasteiger partial charge on any atom is -0.322 e. The number of benzene rings is 2. The number of amidine groups is 2. The van der Waals surface area contributed by atoms with Crippen molar-refractivity contribution in [2.75, 3.05) is 0 Å². The van der Waals surface area contributed by atoms with E-state index < -0.39 is 0 Å². The number of aryl methyl sites for hydroxylation is 1. The first-order valence-electron chi connectivity index (χ1n) is 12.6. The van der Waals surface area contributed by atoms with E-state index in [-0.39, 0.29) is 11.0 Å². The van der Waals surface area contributed by atoms with Gasteiger partial charge in [-0.2, -0.15) is 0 Å². The molecule has 0 aromatic heterocycles. The number of hydrogen-bond acceptors (Lipinski definition) is 1. The molecule has 2 N–H and O–H groups in total. The number of fused-ring (bicyclic) bond motifs is 3. The Balaban J connectivity index is 2.03. The molecule has 1 heterocycles. The molecule has 1 fully saturated rings. The molecule has 4 rings (SSSR count). The van der Waals surface area contributed by atoms with Gasteiger partial charge in [-0.15, -0.1) is 4.99 Å². The number of rotatable bonds is 8. The lowest BCUT2D eigenvalue weighted by atomic mass is 9.79. The smallest absolute Gasteiger partial charge is 0.271 e. The summed E-state index contributed by atoms with van der Waals surface area (Å²) in [4.78, 5) is 5.34. The van der Waals surface area contributed by atoms with Gasteiger partial charge in [0.15, 0.2) is 5.84 Å². The van der Waals surface area contributed by atoms with Gasteiger partial charge in [0, 0.05) is 17.8 Å². The summed E-state index contributed by atoms with van der Waals surface area (Å²) in [5.74, 6) is 2.57. The van der Waals surface area contributed by atoms with Gasteiger partial charge in [-0.05, 0) is 55.9 Å². The van der Waals surface area contributed by atoms with Crippen LogP contribution in [0, 0.1) is 12.8 Å². The van der Waals surface area contributed by atoms with Crippen molar-refractivity contribution in [2.45, 2.75) is 90.5 Å². The third kappa shape index (κ3) is 3.16. The van der Waals surface area contributed by atoms with Crippen LogP contribution in [0.1, 0.15) is 89.3 Å². The monoisotopic (exact) mass is 430 g/mol. The highest BCUT2D eigenvalue weighted by atomic mass is 15.3. The van der Waals surface area contributed by atoms with Crippen molar-refractivity contribution >= 4 is 17.4 Å². The molecule has 3 heteroatoms. The van der Waals surface area contributed by atoms with Gasteiger partial charge in [0.05, 0.1) is 5.56 Å². The zero-order valence-electron chi connectivity index (χ0n) is 20.6. The van der Waals surface area contributed by atoms with Gasteiger partial charge >= 0.3 is 0 Å². The quantitative estimate of drug-likeness (QED) is 0.277.